The Labute approximate surface area is 94.2 Å². The van der Waals surface area contributed by atoms with E-state index in [1.165, 1.54) is 14.2 Å². The van der Waals surface area contributed by atoms with Gasteiger partial charge in [0.2, 0.25) is 0 Å². The third kappa shape index (κ3) is 4.16. The maximum absolute atomic E-state index is 10.5. The molecule has 86 valence electrons. The zero-order valence-electron chi connectivity index (χ0n) is 8.47. The molecular weight excluding hydrogens is 222 g/mol. The van der Waals surface area contributed by atoms with Crippen LogP contribution >= 0.6 is 12.4 Å². The van der Waals surface area contributed by atoms with Gasteiger partial charge in [-0.3, -0.25) is 4.79 Å². The summed E-state index contributed by atoms with van der Waals surface area (Å²) in [5.41, 5.74) is 0.497. The third-order valence-corrected chi connectivity index (χ3v) is 1.56. The molecule has 0 heterocycles. The SMILES string of the molecule is COc1cccc(C=O)c1OC.Cl.NO. The van der Waals surface area contributed by atoms with Crippen molar-refractivity contribution in [3.05, 3.63) is 23.8 Å². The molecule has 0 aliphatic rings. The van der Waals surface area contributed by atoms with E-state index < -0.39 is 0 Å². The fourth-order valence-corrected chi connectivity index (χ4v) is 1.00. The maximum atomic E-state index is 10.5. The van der Waals surface area contributed by atoms with Crippen LogP contribution in [-0.4, -0.2) is 25.7 Å². The summed E-state index contributed by atoms with van der Waals surface area (Å²) in [6.45, 7) is 0. The van der Waals surface area contributed by atoms with Crippen LogP contribution in [0.15, 0.2) is 18.2 Å². The van der Waals surface area contributed by atoms with Crippen molar-refractivity contribution in [1.82, 2.24) is 0 Å². The molecule has 0 bridgehead atoms. The summed E-state index contributed by atoms with van der Waals surface area (Å²) in [6.07, 6.45) is 0.737. The summed E-state index contributed by atoms with van der Waals surface area (Å²) in [4.78, 5) is 10.5. The molecule has 0 spiro atoms. The van der Waals surface area contributed by atoms with Gasteiger partial charge in [-0.15, -0.1) is 12.4 Å². The van der Waals surface area contributed by atoms with Gasteiger partial charge < -0.3 is 14.7 Å². The lowest BCUT2D eigenvalue weighted by Gasteiger charge is -2.07. The van der Waals surface area contributed by atoms with E-state index in [2.05, 4.69) is 5.90 Å². The highest BCUT2D eigenvalue weighted by Gasteiger charge is 2.07. The highest BCUT2D eigenvalue weighted by Crippen LogP contribution is 2.29. The van der Waals surface area contributed by atoms with E-state index >= 15 is 0 Å². The van der Waals surface area contributed by atoms with E-state index in [9.17, 15) is 4.79 Å². The summed E-state index contributed by atoms with van der Waals surface area (Å²) in [6, 6.07) is 5.16. The quantitative estimate of drug-likeness (QED) is 0.609. The number of para-hydroxylation sites is 1. The van der Waals surface area contributed by atoms with Gasteiger partial charge >= 0.3 is 0 Å². The van der Waals surface area contributed by atoms with Crippen LogP contribution in [0, 0.1) is 0 Å². The van der Waals surface area contributed by atoms with E-state index in [4.69, 9.17) is 14.7 Å². The first-order chi connectivity index (χ1) is 6.83. The van der Waals surface area contributed by atoms with Gasteiger partial charge in [-0.05, 0) is 12.1 Å². The fourth-order valence-electron chi connectivity index (χ4n) is 1.00. The number of hydrogen-bond acceptors (Lipinski definition) is 5. The number of carbonyl (C=O) groups is 1. The van der Waals surface area contributed by atoms with Crippen molar-refractivity contribution >= 4 is 18.7 Å². The largest absolute Gasteiger partial charge is 0.493 e. The van der Waals surface area contributed by atoms with Crippen LogP contribution in [0.2, 0.25) is 0 Å². The monoisotopic (exact) mass is 235 g/mol. The van der Waals surface area contributed by atoms with Gasteiger partial charge in [0, 0.05) is 0 Å². The number of hydrogen-bond donors (Lipinski definition) is 2. The normalized spacial score (nSPS) is 7.73. The fraction of sp³-hybridized carbons (Fsp3) is 0.222. The molecule has 5 nitrogen and oxygen atoms in total. The minimum absolute atomic E-state index is 0. The third-order valence-electron chi connectivity index (χ3n) is 1.56. The number of methoxy groups -OCH3 is 2. The molecule has 1 aromatic rings. The summed E-state index contributed by atoms with van der Waals surface area (Å²) in [5.74, 6) is 4.55. The van der Waals surface area contributed by atoms with Crippen molar-refractivity contribution in [2.75, 3.05) is 14.2 Å². The molecule has 0 radical (unpaired) electrons. The van der Waals surface area contributed by atoms with Crippen LogP contribution < -0.4 is 15.4 Å². The molecule has 0 saturated heterocycles. The summed E-state index contributed by atoms with van der Waals surface area (Å²) in [7, 11) is 3.04. The van der Waals surface area contributed by atoms with Crippen molar-refractivity contribution in [2.24, 2.45) is 5.90 Å². The Morgan fingerprint density at radius 3 is 2.27 bits per heavy atom. The van der Waals surface area contributed by atoms with Crippen LogP contribution in [0.5, 0.6) is 11.5 Å². The number of ether oxygens (including phenoxy) is 2. The molecule has 0 unspecified atom stereocenters. The number of rotatable bonds is 3. The van der Waals surface area contributed by atoms with Gasteiger partial charge in [-0.1, -0.05) is 6.07 Å². The summed E-state index contributed by atoms with van der Waals surface area (Å²) >= 11 is 0. The lowest BCUT2D eigenvalue weighted by atomic mass is 10.2. The number of carbonyl (C=O) groups excluding carboxylic acids is 1. The Morgan fingerprint density at radius 1 is 1.27 bits per heavy atom. The first-order valence-electron chi connectivity index (χ1n) is 3.75. The second kappa shape index (κ2) is 9.26. The lowest BCUT2D eigenvalue weighted by Crippen LogP contribution is -1.94. The number of halogens is 1. The number of aldehydes is 1. The van der Waals surface area contributed by atoms with Gasteiger partial charge in [0.15, 0.2) is 17.8 Å². The molecule has 0 aliphatic heterocycles. The van der Waals surface area contributed by atoms with E-state index in [0.717, 1.165) is 6.29 Å². The van der Waals surface area contributed by atoms with Crippen molar-refractivity contribution < 1.29 is 19.5 Å². The van der Waals surface area contributed by atoms with Gasteiger partial charge in [-0.25, -0.2) is 5.90 Å². The molecule has 3 N–H and O–H groups in total. The highest BCUT2D eigenvalue weighted by atomic mass is 35.5. The molecule has 15 heavy (non-hydrogen) atoms. The van der Waals surface area contributed by atoms with Crippen molar-refractivity contribution in [2.45, 2.75) is 0 Å². The molecule has 0 atom stereocenters. The Kier molecular flexibility index (Phi) is 9.97. The van der Waals surface area contributed by atoms with Crippen LogP contribution in [-0.2, 0) is 0 Å². The second-order valence-electron chi connectivity index (χ2n) is 2.20. The standard InChI is InChI=1S/C9H10O3.ClH.H3NO/c1-11-8-5-3-4-7(6-10)9(8)12-2;;1-2/h3-6H,1-2H3;1H;2H,1H2. The van der Waals surface area contributed by atoms with Crippen molar-refractivity contribution in [1.29, 1.82) is 0 Å². The maximum Gasteiger partial charge on any atom is 0.171 e. The van der Waals surface area contributed by atoms with Gasteiger partial charge in [0.25, 0.3) is 0 Å². The van der Waals surface area contributed by atoms with Crippen LogP contribution in [0.4, 0.5) is 0 Å². The Hall–Kier alpha value is -1.30. The zero-order chi connectivity index (χ0) is 11.0. The Morgan fingerprint density at radius 2 is 1.87 bits per heavy atom. The molecule has 1 rings (SSSR count). The minimum Gasteiger partial charge on any atom is -0.493 e. The van der Waals surface area contributed by atoms with Gasteiger partial charge in [0.05, 0.1) is 19.8 Å². The smallest absolute Gasteiger partial charge is 0.171 e. The average molecular weight is 236 g/mol. The summed E-state index contributed by atoms with van der Waals surface area (Å²) in [5, 5.41) is 6.50. The van der Waals surface area contributed by atoms with E-state index in [1.807, 2.05) is 0 Å². The predicted octanol–water partition coefficient (Wildman–Crippen LogP) is 1.27. The predicted molar refractivity (Wildman–Crippen MR) is 58.2 cm³/mol. The van der Waals surface area contributed by atoms with Crippen LogP contribution in [0.25, 0.3) is 0 Å². The summed E-state index contributed by atoms with van der Waals surface area (Å²) < 4.78 is 10.00. The van der Waals surface area contributed by atoms with E-state index in [1.54, 1.807) is 18.2 Å². The molecule has 0 aromatic heterocycles. The first kappa shape index (κ1) is 16.1. The number of nitrogens with two attached hydrogens (primary N) is 1. The van der Waals surface area contributed by atoms with E-state index in [0.29, 0.717) is 17.1 Å². The lowest BCUT2D eigenvalue weighted by molar-refractivity contribution is 0.112. The van der Waals surface area contributed by atoms with E-state index in [-0.39, 0.29) is 12.4 Å². The molecule has 1 aromatic carbocycles. The van der Waals surface area contributed by atoms with Crippen molar-refractivity contribution in [3.8, 4) is 11.5 Å². The molecule has 0 amide bonds. The minimum atomic E-state index is 0. The Balaban J connectivity index is 0. The highest BCUT2D eigenvalue weighted by molar-refractivity contribution is 5.85. The second-order valence-corrected chi connectivity index (χ2v) is 2.20. The van der Waals surface area contributed by atoms with Crippen LogP contribution in [0.1, 0.15) is 10.4 Å². The molecular formula is C9H14ClNO4. The van der Waals surface area contributed by atoms with Gasteiger partial charge in [-0.2, -0.15) is 0 Å². The molecule has 0 saturated carbocycles. The first-order valence-corrected chi connectivity index (χ1v) is 3.75. The topological polar surface area (TPSA) is 81.8 Å². The van der Waals surface area contributed by atoms with Crippen LogP contribution in [0.3, 0.4) is 0 Å². The zero-order valence-corrected chi connectivity index (χ0v) is 9.28. The number of benzene rings is 1. The molecule has 6 heteroatoms. The van der Waals surface area contributed by atoms with Gasteiger partial charge in [0.1, 0.15) is 0 Å². The molecule has 0 fully saturated rings. The average Bonchev–Trinajstić information content (AvgIpc) is 2.30. The Bertz CT molecular complexity index is 293. The molecule has 0 aliphatic carbocycles. The van der Waals surface area contributed by atoms with Crippen molar-refractivity contribution in [3.63, 3.8) is 0 Å².